The maximum atomic E-state index is 13.8. The lowest BCUT2D eigenvalue weighted by Gasteiger charge is -2.35. The number of dihydropyridines is 1. The molecular formula is C23H32FN5O3. The summed E-state index contributed by atoms with van der Waals surface area (Å²) in [6.07, 6.45) is 4.99. The van der Waals surface area contributed by atoms with E-state index in [1.54, 1.807) is 26.2 Å². The highest BCUT2D eigenvalue weighted by atomic mass is 19.1. The van der Waals surface area contributed by atoms with Crippen LogP contribution in [-0.4, -0.2) is 56.1 Å². The van der Waals surface area contributed by atoms with Crippen LogP contribution >= 0.6 is 0 Å². The van der Waals surface area contributed by atoms with E-state index in [0.29, 0.717) is 29.3 Å². The van der Waals surface area contributed by atoms with Gasteiger partial charge >= 0.3 is 5.97 Å². The monoisotopic (exact) mass is 445 g/mol. The van der Waals surface area contributed by atoms with Gasteiger partial charge in [-0.3, -0.25) is 0 Å². The van der Waals surface area contributed by atoms with Crippen molar-refractivity contribution in [2.24, 2.45) is 5.92 Å². The van der Waals surface area contributed by atoms with Crippen molar-refractivity contribution in [3.05, 3.63) is 41.1 Å². The van der Waals surface area contributed by atoms with Crippen molar-refractivity contribution in [1.29, 1.82) is 5.41 Å². The molecule has 0 spiro atoms. The summed E-state index contributed by atoms with van der Waals surface area (Å²) in [5.74, 6) is -0.725. The van der Waals surface area contributed by atoms with E-state index in [2.05, 4.69) is 20.5 Å². The van der Waals surface area contributed by atoms with Gasteiger partial charge in [-0.05, 0) is 37.8 Å². The summed E-state index contributed by atoms with van der Waals surface area (Å²) in [4.78, 5) is 19.3. The second kappa shape index (κ2) is 10.6. The van der Waals surface area contributed by atoms with Crippen LogP contribution in [0.5, 0.6) is 0 Å². The number of methoxy groups -OCH3 is 1. The predicted molar refractivity (Wildman–Crippen MR) is 123 cm³/mol. The predicted octanol–water partition coefficient (Wildman–Crippen LogP) is 3.61. The van der Waals surface area contributed by atoms with Gasteiger partial charge in [0.2, 0.25) is 0 Å². The van der Waals surface area contributed by atoms with Gasteiger partial charge in [0.15, 0.2) is 11.6 Å². The van der Waals surface area contributed by atoms with Gasteiger partial charge in [0, 0.05) is 44.2 Å². The van der Waals surface area contributed by atoms with Gasteiger partial charge in [0.05, 0.1) is 24.0 Å². The number of aromatic nitrogens is 1. The van der Waals surface area contributed by atoms with Crippen molar-refractivity contribution >= 4 is 23.2 Å². The first-order chi connectivity index (χ1) is 15.3. The Kier molecular flexibility index (Phi) is 7.84. The standard InChI is InChI=1S/C23H32FN5O3/c1-5-32-23(30)17-13-18(29-10-7-16(31-4)8-11-29)20(21(25)14(2)3)22(28-17)27-15-6-9-26-19(24)12-15/h6,12-14,16,25-26H,5,7-11H2,1-4H3,(H,27,28). The van der Waals surface area contributed by atoms with Gasteiger partial charge in [-0.25, -0.2) is 9.78 Å². The Labute approximate surface area is 188 Å². The van der Waals surface area contributed by atoms with Crippen molar-refractivity contribution in [3.8, 4) is 0 Å². The number of hydrogen-bond donors (Lipinski definition) is 3. The van der Waals surface area contributed by atoms with Crippen LogP contribution in [0.15, 0.2) is 29.9 Å². The summed E-state index contributed by atoms with van der Waals surface area (Å²) >= 11 is 0. The van der Waals surface area contributed by atoms with Crippen LogP contribution in [0.1, 0.15) is 49.7 Å². The van der Waals surface area contributed by atoms with Crippen molar-refractivity contribution < 1.29 is 18.7 Å². The second-order valence-electron chi connectivity index (χ2n) is 8.12. The molecule has 0 aliphatic carbocycles. The number of allylic oxidation sites excluding steroid dienone is 1. The van der Waals surface area contributed by atoms with Gasteiger partial charge in [-0.15, -0.1) is 0 Å². The maximum absolute atomic E-state index is 13.8. The SMILES string of the molecule is CCOC(=O)c1cc(N2CCC(OC)CC2)c(C(=N)C(C)C)c(NC2=CCNC(F)=C2)n1. The zero-order valence-electron chi connectivity index (χ0n) is 19.1. The van der Waals surface area contributed by atoms with Crippen LogP contribution in [0.3, 0.4) is 0 Å². The van der Waals surface area contributed by atoms with Crippen molar-refractivity contribution in [2.45, 2.75) is 39.7 Å². The molecule has 0 amide bonds. The van der Waals surface area contributed by atoms with E-state index in [0.717, 1.165) is 31.6 Å². The molecule has 9 heteroatoms. The summed E-state index contributed by atoms with van der Waals surface area (Å²) in [6, 6.07) is 1.70. The Morgan fingerprint density at radius 1 is 1.41 bits per heavy atom. The third-order valence-electron chi connectivity index (χ3n) is 5.58. The molecule has 3 heterocycles. The van der Waals surface area contributed by atoms with Crippen LogP contribution < -0.4 is 15.5 Å². The fourth-order valence-corrected chi connectivity index (χ4v) is 3.80. The fourth-order valence-electron chi connectivity index (χ4n) is 3.80. The molecule has 0 unspecified atom stereocenters. The van der Waals surface area contributed by atoms with Crippen LogP contribution in [0.2, 0.25) is 0 Å². The number of esters is 1. The third kappa shape index (κ3) is 5.45. The van der Waals surface area contributed by atoms with Crippen LogP contribution in [0.4, 0.5) is 15.9 Å². The zero-order valence-corrected chi connectivity index (χ0v) is 19.1. The molecule has 0 atom stereocenters. The van der Waals surface area contributed by atoms with Crippen LogP contribution in [0, 0.1) is 11.3 Å². The molecule has 8 nitrogen and oxygen atoms in total. The topological polar surface area (TPSA) is 99.6 Å². The molecule has 0 saturated carbocycles. The van der Waals surface area contributed by atoms with E-state index < -0.39 is 11.9 Å². The number of nitrogens with one attached hydrogen (secondary N) is 3. The Morgan fingerprint density at radius 2 is 2.12 bits per heavy atom. The van der Waals surface area contributed by atoms with Crippen LogP contribution in [0.25, 0.3) is 0 Å². The summed E-state index contributed by atoms with van der Waals surface area (Å²) in [6.45, 7) is 7.63. The van der Waals surface area contributed by atoms with Crippen LogP contribution in [-0.2, 0) is 9.47 Å². The number of anilines is 2. The molecule has 2 aliphatic rings. The lowest BCUT2D eigenvalue weighted by molar-refractivity contribution is 0.0519. The summed E-state index contributed by atoms with van der Waals surface area (Å²) in [5.41, 5.74) is 2.40. The molecule has 3 N–H and O–H groups in total. The van der Waals surface area contributed by atoms with E-state index >= 15 is 0 Å². The van der Waals surface area contributed by atoms with E-state index in [-0.39, 0.29) is 24.3 Å². The minimum Gasteiger partial charge on any atom is -0.461 e. The maximum Gasteiger partial charge on any atom is 0.357 e. The Bertz CT molecular complexity index is 920. The number of carbonyl (C=O) groups excluding carboxylic acids is 1. The van der Waals surface area contributed by atoms with E-state index in [9.17, 15) is 9.18 Å². The summed E-state index contributed by atoms with van der Waals surface area (Å²) < 4.78 is 24.5. The van der Waals surface area contributed by atoms with Gasteiger partial charge in [-0.2, -0.15) is 4.39 Å². The lowest BCUT2D eigenvalue weighted by Crippen LogP contribution is -2.38. The molecule has 2 aliphatic heterocycles. The van der Waals surface area contributed by atoms with Gasteiger partial charge in [0.1, 0.15) is 5.82 Å². The molecule has 0 bridgehead atoms. The molecular weight excluding hydrogens is 413 g/mol. The quantitative estimate of drug-likeness (QED) is 0.319. The number of piperidine rings is 1. The molecule has 1 fully saturated rings. The minimum absolute atomic E-state index is 0.0738. The molecule has 174 valence electrons. The highest BCUT2D eigenvalue weighted by Crippen LogP contribution is 2.33. The van der Waals surface area contributed by atoms with E-state index in [4.69, 9.17) is 14.9 Å². The summed E-state index contributed by atoms with van der Waals surface area (Å²) in [7, 11) is 1.72. The first-order valence-electron chi connectivity index (χ1n) is 11.0. The zero-order chi connectivity index (χ0) is 23.3. The molecule has 0 aromatic carbocycles. The highest BCUT2D eigenvalue weighted by Gasteiger charge is 2.28. The molecule has 0 radical (unpaired) electrons. The number of hydrogen-bond acceptors (Lipinski definition) is 8. The molecule has 32 heavy (non-hydrogen) atoms. The van der Waals surface area contributed by atoms with E-state index in [1.165, 1.54) is 6.08 Å². The molecule has 1 aromatic heterocycles. The highest BCUT2D eigenvalue weighted by molar-refractivity contribution is 6.09. The van der Waals surface area contributed by atoms with Crippen molar-refractivity contribution in [3.63, 3.8) is 0 Å². The first-order valence-corrected chi connectivity index (χ1v) is 11.0. The third-order valence-corrected chi connectivity index (χ3v) is 5.58. The van der Waals surface area contributed by atoms with Crippen molar-refractivity contribution in [1.82, 2.24) is 10.3 Å². The number of halogens is 1. The van der Waals surface area contributed by atoms with Gasteiger partial charge in [0.25, 0.3) is 0 Å². The Hall–Kier alpha value is -2.94. The van der Waals surface area contributed by atoms with Gasteiger partial charge < -0.3 is 30.4 Å². The number of carbonyl (C=O) groups is 1. The fraction of sp³-hybridized carbons (Fsp3) is 0.522. The molecule has 1 saturated heterocycles. The average Bonchev–Trinajstić information content (AvgIpc) is 2.78. The van der Waals surface area contributed by atoms with E-state index in [1.807, 2.05) is 13.8 Å². The minimum atomic E-state index is -0.535. The second-order valence-corrected chi connectivity index (χ2v) is 8.12. The largest absolute Gasteiger partial charge is 0.461 e. The molecule has 3 rings (SSSR count). The lowest BCUT2D eigenvalue weighted by atomic mass is 9.96. The molecule has 1 aromatic rings. The number of pyridine rings is 1. The number of nitrogens with zero attached hydrogens (tertiary/aromatic N) is 2. The smallest absolute Gasteiger partial charge is 0.357 e. The Balaban J connectivity index is 2.11. The normalized spacial score (nSPS) is 16.9. The first kappa shape index (κ1) is 23.7. The Morgan fingerprint density at radius 3 is 2.72 bits per heavy atom. The number of rotatable bonds is 8. The van der Waals surface area contributed by atoms with Crippen molar-refractivity contribution in [2.75, 3.05) is 43.6 Å². The van der Waals surface area contributed by atoms with Gasteiger partial charge in [-0.1, -0.05) is 13.8 Å². The summed E-state index contributed by atoms with van der Waals surface area (Å²) in [5, 5.41) is 14.5. The average molecular weight is 446 g/mol. The number of ether oxygens (including phenoxy) is 2.